The number of carbonyl (C=O) groups is 1. The summed E-state index contributed by atoms with van der Waals surface area (Å²) in [7, 11) is 0. The fourth-order valence-electron chi connectivity index (χ4n) is 1.51. The predicted octanol–water partition coefficient (Wildman–Crippen LogP) is 2.51. The van der Waals surface area contributed by atoms with Crippen LogP contribution in [0.15, 0.2) is 30.5 Å². The Bertz CT molecular complexity index is 619. The van der Waals surface area contributed by atoms with Crippen molar-refractivity contribution < 1.29 is 9.18 Å². The van der Waals surface area contributed by atoms with Gasteiger partial charge in [-0.15, -0.1) is 0 Å². The topological polar surface area (TPSA) is 54.9 Å². The van der Waals surface area contributed by atoms with Crippen molar-refractivity contribution in [2.45, 2.75) is 13.5 Å². The first-order valence-electron chi connectivity index (χ1n) is 5.58. The van der Waals surface area contributed by atoms with E-state index in [2.05, 4.69) is 15.3 Å². The van der Waals surface area contributed by atoms with E-state index in [0.717, 1.165) is 0 Å². The van der Waals surface area contributed by atoms with Crippen LogP contribution in [0.5, 0.6) is 0 Å². The molecule has 0 fully saturated rings. The van der Waals surface area contributed by atoms with E-state index in [0.29, 0.717) is 17.1 Å². The lowest BCUT2D eigenvalue weighted by Crippen LogP contribution is -2.24. The molecule has 0 aliphatic rings. The minimum Gasteiger partial charge on any atom is -0.347 e. The summed E-state index contributed by atoms with van der Waals surface area (Å²) in [5.41, 5.74) is 1.01. The number of nitrogens with one attached hydrogen (secondary N) is 1. The number of hydrogen-bond acceptors (Lipinski definition) is 3. The van der Waals surface area contributed by atoms with Crippen LogP contribution in [-0.2, 0) is 6.54 Å². The van der Waals surface area contributed by atoms with Gasteiger partial charge in [0, 0.05) is 12.7 Å². The van der Waals surface area contributed by atoms with Crippen molar-refractivity contribution in [3.63, 3.8) is 0 Å². The van der Waals surface area contributed by atoms with Crippen LogP contribution in [0.1, 0.15) is 21.9 Å². The predicted molar refractivity (Wildman–Crippen MR) is 69.3 cm³/mol. The summed E-state index contributed by atoms with van der Waals surface area (Å²) >= 11 is 5.66. The van der Waals surface area contributed by atoms with Gasteiger partial charge in [-0.05, 0) is 30.7 Å². The van der Waals surface area contributed by atoms with Crippen LogP contribution >= 0.6 is 11.6 Å². The lowest BCUT2D eigenvalue weighted by molar-refractivity contribution is 0.0945. The quantitative estimate of drug-likeness (QED) is 0.939. The molecular formula is C13H11ClFN3O. The Morgan fingerprint density at radius 2 is 2.21 bits per heavy atom. The smallest absolute Gasteiger partial charge is 0.270 e. The number of nitrogens with zero attached hydrogens (tertiary/aromatic N) is 2. The molecule has 0 saturated carbocycles. The van der Waals surface area contributed by atoms with Crippen molar-refractivity contribution in [3.05, 3.63) is 58.4 Å². The lowest BCUT2D eigenvalue weighted by atomic mass is 10.2. The maximum absolute atomic E-state index is 13.0. The highest BCUT2D eigenvalue weighted by Gasteiger charge is 2.08. The lowest BCUT2D eigenvalue weighted by Gasteiger charge is -2.06. The van der Waals surface area contributed by atoms with Gasteiger partial charge >= 0.3 is 0 Å². The van der Waals surface area contributed by atoms with Gasteiger partial charge in [-0.3, -0.25) is 4.79 Å². The average Bonchev–Trinajstić information content (AvgIpc) is 2.40. The minimum absolute atomic E-state index is 0.0321. The van der Waals surface area contributed by atoms with Crippen molar-refractivity contribution >= 4 is 17.5 Å². The van der Waals surface area contributed by atoms with Crippen LogP contribution in [0, 0.1) is 12.7 Å². The molecule has 0 saturated heterocycles. The largest absolute Gasteiger partial charge is 0.347 e. The molecule has 1 aromatic carbocycles. The molecule has 0 radical (unpaired) electrons. The van der Waals surface area contributed by atoms with E-state index < -0.39 is 5.82 Å². The maximum atomic E-state index is 13.0. The van der Waals surface area contributed by atoms with Gasteiger partial charge in [-0.25, -0.2) is 14.4 Å². The molecule has 1 N–H and O–H groups in total. The zero-order valence-corrected chi connectivity index (χ0v) is 10.9. The van der Waals surface area contributed by atoms with Gasteiger partial charge in [0.1, 0.15) is 17.3 Å². The van der Waals surface area contributed by atoms with Crippen LogP contribution in [0.4, 0.5) is 4.39 Å². The van der Waals surface area contributed by atoms with Crippen molar-refractivity contribution in [2.75, 3.05) is 0 Å². The first kappa shape index (κ1) is 13.4. The van der Waals surface area contributed by atoms with Crippen molar-refractivity contribution in [2.24, 2.45) is 0 Å². The second-order valence-electron chi connectivity index (χ2n) is 3.92. The number of halogens is 2. The Labute approximate surface area is 114 Å². The van der Waals surface area contributed by atoms with E-state index in [1.165, 1.54) is 24.4 Å². The van der Waals surface area contributed by atoms with Crippen molar-refractivity contribution in [3.8, 4) is 0 Å². The van der Waals surface area contributed by atoms with Gasteiger partial charge in [0.2, 0.25) is 0 Å². The van der Waals surface area contributed by atoms with Gasteiger partial charge in [-0.1, -0.05) is 17.7 Å². The van der Waals surface area contributed by atoms with Gasteiger partial charge in [0.25, 0.3) is 5.91 Å². The highest BCUT2D eigenvalue weighted by atomic mass is 35.5. The fraction of sp³-hybridized carbons (Fsp3) is 0.154. The highest BCUT2D eigenvalue weighted by molar-refractivity contribution is 6.30. The van der Waals surface area contributed by atoms with Gasteiger partial charge in [0.05, 0.1) is 5.02 Å². The Hall–Kier alpha value is -2.01. The summed E-state index contributed by atoms with van der Waals surface area (Å²) in [4.78, 5) is 19.7. The van der Waals surface area contributed by atoms with Crippen LogP contribution < -0.4 is 5.32 Å². The number of hydrogen-bond donors (Lipinski definition) is 1. The first-order chi connectivity index (χ1) is 9.06. The number of aromatic nitrogens is 2. The second kappa shape index (κ2) is 5.75. The number of amides is 1. The summed E-state index contributed by atoms with van der Waals surface area (Å²) in [6.45, 7) is 1.96. The van der Waals surface area contributed by atoms with E-state index in [-0.39, 0.29) is 17.5 Å². The van der Waals surface area contributed by atoms with Gasteiger partial charge in [0.15, 0.2) is 0 Å². The Morgan fingerprint density at radius 3 is 2.89 bits per heavy atom. The van der Waals surface area contributed by atoms with Crippen LogP contribution in [0.2, 0.25) is 5.02 Å². The van der Waals surface area contributed by atoms with E-state index >= 15 is 0 Å². The van der Waals surface area contributed by atoms with E-state index in [4.69, 9.17) is 11.6 Å². The zero-order chi connectivity index (χ0) is 13.8. The molecule has 4 nitrogen and oxygen atoms in total. The molecular weight excluding hydrogens is 269 g/mol. The van der Waals surface area contributed by atoms with Crippen molar-refractivity contribution in [1.82, 2.24) is 15.3 Å². The summed E-state index contributed by atoms with van der Waals surface area (Å²) in [5.74, 6) is -0.272. The second-order valence-corrected chi connectivity index (χ2v) is 4.33. The summed E-state index contributed by atoms with van der Waals surface area (Å²) in [6.07, 6.45) is 1.52. The molecule has 0 spiro atoms. The molecule has 0 bridgehead atoms. The molecule has 0 aliphatic heterocycles. The number of benzene rings is 1. The fourth-order valence-corrected chi connectivity index (χ4v) is 1.71. The third-order valence-corrected chi connectivity index (χ3v) is 2.74. The molecule has 1 aromatic heterocycles. The summed E-state index contributed by atoms with van der Waals surface area (Å²) < 4.78 is 13.0. The van der Waals surface area contributed by atoms with Crippen LogP contribution in [0.3, 0.4) is 0 Å². The summed E-state index contributed by atoms with van der Waals surface area (Å²) in [5, 5.41) is 2.71. The molecule has 19 heavy (non-hydrogen) atoms. The molecule has 0 atom stereocenters. The Balaban J connectivity index is 2.02. The first-order valence-corrected chi connectivity index (χ1v) is 5.96. The maximum Gasteiger partial charge on any atom is 0.270 e. The number of rotatable bonds is 3. The minimum atomic E-state index is -0.483. The number of aryl methyl sites for hydroxylation is 1. The standard InChI is InChI=1S/C13H11ClFN3O/c1-8-16-5-4-12(18-8)13(19)17-7-9-2-3-11(15)10(14)6-9/h2-6H,7H2,1H3,(H,17,19). The molecule has 1 heterocycles. The molecule has 98 valence electrons. The zero-order valence-electron chi connectivity index (χ0n) is 10.2. The number of carbonyl (C=O) groups excluding carboxylic acids is 1. The molecule has 2 aromatic rings. The monoisotopic (exact) mass is 279 g/mol. The van der Waals surface area contributed by atoms with Crippen molar-refractivity contribution in [1.29, 1.82) is 0 Å². The Kier molecular flexibility index (Phi) is 4.06. The van der Waals surface area contributed by atoms with Gasteiger partial charge < -0.3 is 5.32 Å². The van der Waals surface area contributed by atoms with E-state index in [1.54, 1.807) is 13.0 Å². The molecule has 2 rings (SSSR count). The normalized spacial score (nSPS) is 10.3. The molecule has 1 amide bonds. The van der Waals surface area contributed by atoms with Crippen LogP contribution in [0.25, 0.3) is 0 Å². The third-order valence-electron chi connectivity index (χ3n) is 2.45. The molecule has 0 unspecified atom stereocenters. The van der Waals surface area contributed by atoms with E-state index in [9.17, 15) is 9.18 Å². The third kappa shape index (κ3) is 3.48. The van der Waals surface area contributed by atoms with Crippen LogP contribution in [-0.4, -0.2) is 15.9 Å². The highest BCUT2D eigenvalue weighted by Crippen LogP contribution is 2.15. The average molecular weight is 280 g/mol. The molecule has 6 heteroatoms. The Morgan fingerprint density at radius 1 is 1.42 bits per heavy atom. The summed E-state index contributed by atoms with van der Waals surface area (Å²) in [6, 6.07) is 5.83. The van der Waals surface area contributed by atoms with Gasteiger partial charge in [-0.2, -0.15) is 0 Å². The van der Waals surface area contributed by atoms with E-state index in [1.807, 2.05) is 0 Å². The SMILES string of the molecule is Cc1nccc(C(=O)NCc2ccc(F)c(Cl)c2)n1. The molecule has 0 aliphatic carbocycles.